The van der Waals surface area contributed by atoms with E-state index in [0.29, 0.717) is 17.3 Å². The minimum atomic E-state index is -0.869. The maximum atomic E-state index is 9.98. The van der Waals surface area contributed by atoms with Crippen molar-refractivity contribution in [2.75, 3.05) is 13.7 Å². The quantitative estimate of drug-likeness (QED) is 0.276. The molecule has 2 aromatic heterocycles. The molecule has 0 saturated carbocycles. The smallest absolute Gasteiger partial charge is 0.145 e. The van der Waals surface area contributed by atoms with Gasteiger partial charge in [-0.15, -0.1) is 16.4 Å². The monoisotopic (exact) mass is 548 g/mol. The van der Waals surface area contributed by atoms with E-state index >= 15 is 0 Å². The lowest BCUT2D eigenvalue weighted by Crippen LogP contribution is -2.40. The number of nitrogens with zero attached hydrogens (tertiary/aromatic N) is 4. The van der Waals surface area contributed by atoms with Gasteiger partial charge in [-0.1, -0.05) is 44.5 Å². The van der Waals surface area contributed by atoms with E-state index in [-0.39, 0.29) is 6.61 Å². The highest BCUT2D eigenvalue weighted by atomic mass is 79.9. The van der Waals surface area contributed by atoms with Crippen LogP contribution in [0.5, 0.6) is 0 Å². The zero-order chi connectivity index (χ0) is 22.4. The van der Waals surface area contributed by atoms with Crippen LogP contribution in [0.2, 0.25) is 5.02 Å². The Bertz CT molecular complexity index is 960. The molecule has 0 aliphatic heterocycles. The molecule has 0 bridgehead atoms. The molecule has 0 saturated heterocycles. The predicted octanol–water partition coefficient (Wildman–Crippen LogP) is 3.71. The van der Waals surface area contributed by atoms with Crippen LogP contribution < -0.4 is 0 Å². The van der Waals surface area contributed by atoms with E-state index in [2.05, 4.69) is 31.2 Å². The molecule has 0 amide bonds. The van der Waals surface area contributed by atoms with Crippen molar-refractivity contribution in [1.82, 2.24) is 20.0 Å². The van der Waals surface area contributed by atoms with Gasteiger partial charge in [0.15, 0.2) is 0 Å². The topological polar surface area (TPSA) is 103 Å². The maximum Gasteiger partial charge on any atom is 0.145 e. The molecule has 2 heterocycles. The number of aliphatic hydroxyl groups is 2. The van der Waals surface area contributed by atoms with E-state index in [0.717, 1.165) is 14.4 Å². The summed E-state index contributed by atoms with van der Waals surface area (Å²) >= 11 is 12.6. The van der Waals surface area contributed by atoms with Gasteiger partial charge in [-0.3, -0.25) is 0 Å². The van der Waals surface area contributed by atoms with Crippen LogP contribution in [-0.4, -0.2) is 67.7 Å². The maximum absolute atomic E-state index is 9.98. The van der Waals surface area contributed by atoms with Crippen LogP contribution in [0.4, 0.5) is 0 Å². The Kier molecular flexibility index (Phi) is 9.29. The van der Waals surface area contributed by atoms with Crippen LogP contribution in [0, 0.1) is 0 Å². The van der Waals surface area contributed by atoms with Gasteiger partial charge in [0.2, 0.25) is 0 Å². The molecule has 4 atom stereocenters. The summed E-state index contributed by atoms with van der Waals surface area (Å²) in [5.41, 5.74) is 0.0679. The number of aliphatic hydroxyl groups excluding tert-OH is 2. The molecule has 31 heavy (non-hydrogen) atoms. The molecule has 0 spiro atoms. The number of hydrogen-bond acceptors (Lipinski definition) is 9. The normalized spacial score (nSPS) is 15.5. The third-order valence-electron chi connectivity index (χ3n) is 4.33. The average molecular weight is 550 g/mol. The highest BCUT2D eigenvalue weighted by molar-refractivity contribution is 9.10. The van der Waals surface area contributed by atoms with E-state index in [1.54, 1.807) is 37.2 Å². The molecule has 1 aromatic carbocycles. The molecule has 0 radical (unpaired) electrons. The van der Waals surface area contributed by atoms with E-state index < -0.39 is 23.7 Å². The fourth-order valence-corrected chi connectivity index (χ4v) is 5.18. The van der Waals surface area contributed by atoms with Crippen LogP contribution in [0.3, 0.4) is 0 Å². The van der Waals surface area contributed by atoms with Crippen molar-refractivity contribution in [3.05, 3.63) is 45.5 Å². The van der Waals surface area contributed by atoms with Gasteiger partial charge in [0.1, 0.15) is 28.3 Å². The summed E-state index contributed by atoms with van der Waals surface area (Å²) in [4.78, 5) is 5.02. The van der Waals surface area contributed by atoms with Crippen LogP contribution in [0.1, 0.15) is 6.92 Å². The molecule has 2 unspecified atom stereocenters. The molecular weight excluding hydrogens is 528 g/mol. The zero-order valence-corrected chi connectivity index (χ0v) is 20.7. The van der Waals surface area contributed by atoms with Gasteiger partial charge >= 0.3 is 0 Å². The molecule has 2 N–H and O–H groups in total. The summed E-state index contributed by atoms with van der Waals surface area (Å²) in [6.45, 7) is 1.55. The first kappa shape index (κ1) is 24.6. The van der Waals surface area contributed by atoms with Gasteiger partial charge < -0.3 is 19.7 Å². The number of aromatic nitrogens is 4. The van der Waals surface area contributed by atoms with E-state index in [9.17, 15) is 10.2 Å². The Hall–Kier alpha value is -1.05. The number of rotatable bonds is 11. The summed E-state index contributed by atoms with van der Waals surface area (Å²) in [6, 6.07) is 5.50. The number of benzene rings is 1. The highest BCUT2D eigenvalue weighted by Crippen LogP contribution is 2.36. The third-order valence-corrected chi connectivity index (χ3v) is 7.30. The summed E-state index contributed by atoms with van der Waals surface area (Å²) < 4.78 is 14.3. The molecule has 0 aliphatic carbocycles. The van der Waals surface area contributed by atoms with Crippen LogP contribution in [0.15, 0.2) is 45.3 Å². The number of hydrogen-bond donors (Lipinski definition) is 2. The van der Waals surface area contributed by atoms with Gasteiger partial charge in [0, 0.05) is 28.1 Å². The lowest BCUT2D eigenvalue weighted by molar-refractivity contribution is -0.105. The minimum Gasteiger partial charge on any atom is -0.394 e. The van der Waals surface area contributed by atoms with Gasteiger partial charge in [-0.2, -0.15) is 0 Å². The first-order chi connectivity index (χ1) is 14.9. The standard InChI is InChI=1S/C19H22BrClN4O4S2/c1-11(27)16(10-26)29-19(31-17-7-12(20)3-4-13(17)21)15(28-2)9-25-8-14(23-24-25)18-22-5-6-30-18/h3-8,11,15-16,19,26-27H,9-10H2,1-2H3/t11-,15+,16?,19?/m1/s1. The Morgan fingerprint density at radius 3 is 2.81 bits per heavy atom. The number of halogens is 2. The van der Waals surface area contributed by atoms with Crippen molar-refractivity contribution in [2.45, 2.75) is 42.1 Å². The SMILES string of the molecule is CO[C@@H](Cn1cc(-c2nccs2)nn1)C(OC(CO)[C@@H](C)O)Sc1cc(Br)ccc1Cl. The lowest BCUT2D eigenvalue weighted by atomic mass is 10.2. The van der Waals surface area contributed by atoms with Crippen molar-refractivity contribution >= 4 is 50.6 Å². The van der Waals surface area contributed by atoms with Crippen LogP contribution in [-0.2, 0) is 16.0 Å². The van der Waals surface area contributed by atoms with Crippen molar-refractivity contribution in [1.29, 1.82) is 0 Å². The number of methoxy groups -OCH3 is 1. The first-order valence-electron chi connectivity index (χ1n) is 9.30. The van der Waals surface area contributed by atoms with Gasteiger partial charge in [0.25, 0.3) is 0 Å². The van der Waals surface area contributed by atoms with Crippen molar-refractivity contribution in [2.24, 2.45) is 0 Å². The molecule has 3 rings (SSSR count). The molecular formula is C19H22BrClN4O4S2. The average Bonchev–Trinajstić information content (AvgIpc) is 3.43. The Labute approximate surface area is 201 Å². The zero-order valence-electron chi connectivity index (χ0n) is 16.8. The second-order valence-electron chi connectivity index (χ2n) is 6.60. The fraction of sp³-hybridized carbons (Fsp3) is 0.421. The second kappa shape index (κ2) is 11.7. The van der Waals surface area contributed by atoms with Crippen LogP contribution >= 0.6 is 50.6 Å². The summed E-state index contributed by atoms with van der Waals surface area (Å²) in [6.07, 6.45) is 1.36. The number of thioether (sulfide) groups is 1. The number of ether oxygens (including phenoxy) is 2. The lowest BCUT2D eigenvalue weighted by Gasteiger charge is -2.30. The first-order valence-corrected chi connectivity index (χ1v) is 12.2. The van der Waals surface area contributed by atoms with E-state index in [4.69, 9.17) is 21.1 Å². The molecule has 0 aliphatic rings. The van der Waals surface area contributed by atoms with E-state index in [1.807, 2.05) is 17.5 Å². The molecule has 3 aromatic rings. The molecule has 168 valence electrons. The van der Waals surface area contributed by atoms with Gasteiger partial charge in [0.05, 0.1) is 30.5 Å². The highest BCUT2D eigenvalue weighted by Gasteiger charge is 2.30. The Morgan fingerprint density at radius 2 is 2.16 bits per heavy atom. The largest absolute Gasteiger partial charge is 0.394 e. The van der Waals surface area contributed by atoms with Gasteiger partial charge in [-0.05, 0) is 25.1 Å². The van der Waals surface area contributed by atoms with Crippen molar-refractivity contribution in [3.8, 4) is 10.7 Å². The van der Waals surface area contributed by atoms with Crippen molar-refractivity contribution in [3.63, 3.8) is 0 Å². The third kappa shape index (κ3) is 6.72. The summed E-state index contributed by atoms with van der Waals surface area (Å²) in [5, 5.41) is 31.2. The summed E-state index contributed by atoms with van der Waals surface area (Å²) in [7, 11) is 1.57. The minimum absolute atomic E-state index is 0.329. The fourth-order valence-electron chi connectivity index (χ4n) is 2.66. The molecule has 0 fully saturated rings. The van der Waals surface area contributed by atoms with Gasteiger partial charge in [-0.25, -0.2) is 9.67 Å². The number of thiazole rings is 1. The molecule has 8 nitrogen and oxygen atoms in total. The Balaban J connectivity index is 1.83. The predicted molar refractivity (Wildman–Crippen MR) is 124 cm³/mol. The molecule has 12 heteroatoms. The summed E-state index contributed by atoms with van der Waals surface area (Å²) in [5.74, 6) is 0. The van der Waals surface area contributed by atoms with Crippen molar-refractivity contribution < 1.29 is 19.7 Å². The van der Waals surface area contributed by atoms with E-state index in [1.165, 1.54) is 23.1 Å². The second-order valence-corrected chi connectivity index (χ2v) is 9.95. The Morgan fingerprint density at radius 1 is 1.35 bits per heavy atom. The van der Waals surface area contributed by atoms with Crippen LogP contribution in [0.25, 0.3) is 10.7 Å².